The van der Waals surface area contributed by atoms with E-state index in [-0.39, 0.29) is 10.8 Å². The predicted molar refractivity (Wildman–Crippen MR) is 104 cm³/mol. The van der Waals surface area contributed by atoms with Gasteiger partial charge in [0, 0.05) is 13.2 Å². The average Bonchev–Trinajstić information content (AvgIpc) is 2.73. The summed E-state index contributed by atoms with van der Waals surface area (Å²) in [5.41, 5.74) is 1.77. The van der Waals surface area contributed by atoms with Crippen LogP contribution in [0.15, 0.2) is 53.4 Å². The molecular weight excluding hydrogens is 382 g/mol. The van der Waals surface area contributed by atoms with Crippen molar-refractivity contribution < 1.29 is 27.8 Å². The number of hydrogen-bond donors (Lipinski definition) is 2. The highest BCUT2D eigenvalue weighted by Gasteiger charge is 2.33. The molecule has 2 aromatic rings. The Bertz CT molecular complexity index is 903. The van der Waals surface area contributed by atoms with Gasteiger partial charge in [-0.15, -0.1) is 0 Å². The summed E-state index contributed by atoms with van der Waals surface area (Å²) < 4.78 is 38.1. The van der Waals surface area contributed by atoms with E-state index < -0.39 is 22.0 Å². The molecule has 2 N–H and O–H groups in total. The molecule has 1 aliphatic heterocycles. The Morgan fingerprint density at radius 2 is 1.61 bits per heavy atom. The molecule has 0 aromatic heterocycles. The summed E-state index contributed by atoms with van der Waals surface area (Å²) in [7, 11) is -2.37. The van der Waals surface area contributed by atoms with Crippen LogP contribution in [0.25, 0.3) is 11.1 Å². The number of carboxylic acid groups (broad SMARTS) is 1. The molecule has 2 aromatic carbocycles. The molecule has 1 heterocycles. The molecule has 28 heavy (non-hydrogen) atoms. The highest BCUT2D eigenvalue weighted by Crippen LogP contribution is 2.25. The van der Waals surface area contributed by atoms with Gasteiger partial charge < -0.3 is 14.6 Å². The third kappa shape index (κ3) is 4.70. The number of hydrogen-bond acceptors (Lipinski definition) is 5. The number of ether oxygens (including phenoxy) is 2. The van der Waals surface area contributed by atoms with E-state index in [0.29, 0.717) is 26.1 Å². The van der Waals surface area contributed by atoms with Crippen molar-refractivity contribution in [1.29, 1.82) is 0 Å². The fourth-order valence-electron chi connectivity index (χ4n) is 3.24. The first-order valence-electron chi connectivity index (χ1n) is 8.98. The molecule has 3 rings (SSSR count). The standard InChI is InChI=1S/C20H23NO6S/c1-26-17-6-2-14(3-7-17)15-4-8-18(9-5-15)28(24,25)21-19(20(22)23)16-10-12-27-13-11-16/h2-9,16,19,21H,10-13H2,1H3,(H,22,23). The average molecular weight is 405 g/mol. The van der Waals surface area contributed by atoms with Crippen LogP contribution in [-0.4, -0.2) is 45.9 Å². The number of rotatable bonds is 7. The molecule has 1 aliphatic rings. The highest BCUT2D eigenvalue weighted by atomic mass is 32.2. The third-order valence-corrected chi connectivity index (χ3v) is 6.33. The molecule has 1 fully saturated rings. The van der Waals surface area contributed by atoms with Crippen LogP contribution in [0, 0.1) is 5.92 Å². The van der Waals surface area contributed by atoms with Crippen LogP contribution in [0.4, 0.5) is 0 Å². The SMILES string of the molecule is COc1ccc(-c2ccc(S(=O)(=O)NC(C(=O)O)C3CCOCC3)cc2)cc1. The Labute approximate surface area is 164 Å². The van der Waals surface area contributed by atoms with Crippen LogP contribution < -0.4 is 9.46 Å². The summed E-state index contributed by atoms with van der Waals surface area (Å²) in [6.07, 6.45) is 1.02. The number of carbonyl (C=O) groups is 1. The zero-order valence-electron chi connectivity index (χ0n) is 15.5. The van der Waals surface area contributed by atoms with E-state index in [0.717, 1.165) is 16.9 Å². The second kappa shape index (κ2) is 8.72. The number of benzene rings is 2. The summed E-state index contributed by atoms with van der Waals surface area (Å²) in [6, 6.07) is 12.6. The van der Waals surface area contributed by atoms with Crippen molar-refractivity contribution in [1.82, 2.24) is 4.72 Å². The summed E-state index contributed by atoms with van der Waals surface area (Å²) in [4.78, 5) is 11.7. The van der Waals surface area contributed by atoms with E-state index in [1.54, 1.807) is 19.2 Å². The molecule has 0 aliphatic carbocycles. The van der Waals surface area contributed by atoms with Crippen molar-refractivity contribution in [2.24, 2.45) is 5.92 Å². The maximum atomic E-state index is 12.7. The molecule has 1 saturated heterocycles. The van der Waals surface area contributed by atoms with Gasteiger partial charge in [-0.2, -0.15) is 4.72 Å². The normalized spacial score (nSPS) is 16.5. The molecular formula is C20H23NO6S. The number of sulfonamides is 1. The number of methoxy groups -OCH3 is 1. The van der Waals surface area contributed by atoms with E-state index in [1.807, 2.05) is 24.3 Å². The summed E-state index contributed by atoms with van der Waals surface area (Å²) in [5.74, 6) is -0.732. The molecule has 0 radical (unpaired) electrons. The largest absolute Gasteiger partial charge is 0.497 e. The third-order valence-electron chi connectivity index (χ3n) is 4.87. The molecule has 7 nitrogen and oxygen atoms in total. The minimum absolute atomic E-state index is 0.0306. The molecule has 1 atom stereocenters. The van der Waals surface area contributed by atoms with Gasteiger partial charge in [-0.1, -0.05) is 24.3 Å². The summed E-state index contributed by atoms with van der Waals surface area (Å²) in [5, 5.41) is 9.49. The Hall–Kier alpha value is -2.42. The van der Waals surface area contributed by atoms with Crippen LogP contribution in [0.5, 0.6) is 5.75 Å². The second-order valence-corrected chi connectivity index (χ2v) is 8.35. The van der Waals surface area contributed by atoms with Gasteiger partial charge in [-0.25, -0.2) is 8.42 Å². The zero-order valence-corrected chi connectivity index (χ0v) is 16.3. The van der Waals surface area contributed by atoms with Gasteiger partial charge >= 0.3 is 5.97 Å². The van der Waals surface area contributed by atoms with Crippen LogP contribution in [0.1, 0.15) is 12.8 Å². The lowest BCUT2D eigenvalue weighted by molar-refractivity contribution is -0.141. The Morgan fingerprint density at radius 3 is 2.11 bits per heavy atom. The molecule has 8 heteroatoms. The van der Waals surface area contributed by atoms with Gasteiger partial charge in [-0.3, -0.25) is 4.79 Å². The number of aliphatic carboxylic acids is 1. The lowest BCUT2D eigenvalue weighted by Gasteiger charge is -2.28. The molecule has 0 amide bonds. The fraction of sp³-hybridized carbons (Fsp3) is 0.350. The van der Waals surface area contributed by atoms with Crippen molar-refractivity contribution in [2.75, 3.05) is 20.3 Å². The number of carboxylic acids is 1. The van der Waals surface area contributed by atoms with Crippen LogP contribution in [-0.2, 0) is 19.6 Å². The van der Waals surface area contributed by atoms with Gasteiger partial charge in [0.05, 0.1) is 12.0 Å². The maximum absolute atomic E-state index is 12.7. The van der Waals surface area contributed by atoms with E-state index in [1.165, 1.54) is 12.1 Å². The van der Waals surface area contributed by atoms with Crippen molar-refractivity contribution in [3.8, 4) is 16.9 Å². The maximum Gasteiger partial charge on any atom is 0.322 e. The predicted octanol–water partition coefficient (Wildman–Crippen LogP) is 2.52. The van der Waals surface area contributed by atoms with Crippen molar-refractivity contribution in [2.45, 2.75) is 23.8 Å². The van der Waals surface area contributed by atoms with Gasteiger partial charge in [0.15, 0.2) is 0 Å². The van der Waals surface area contributed by atoms with Crippen LogP contribution in [0.2, 0.25) is 0 Å². The first kappa shape index (κ1) is 20.3. The minimum Gasteiger partial charge on any atom is -0.497 e. The van der Waals surface area contributed by atoms with E-state index in [2.05, 4.69) is 4.72 Å². The fourth-order valence-corrected chi connectivity index (χ4v) is 4.50. The minimum atomic E-state index is -3.96. The monoisotopic (exact) mass is 405 g/mol. The first-order valence-corrected chi connectivity index (χ1v) is 10.5. The van der Waals surface area contributed by atoms with Gasteiger partial charge in [-0.05, 0) is 54.2 Å². The van der Waals surface area contributed by atoms with Crippen molar-refractivity contribution in [3.63, 3.8) is 0 Å². The lowest BCUT2D eigenvalue weighted by Crippen LogP contribution is -2.47. The van der Waals surface area contributed by atoms with Gasteiger partial charge in [0.1, 0.15) is 11.8 Å². The van der Waals surface area contributed by atoms with E-state index in [9.17, 15) is 18.3 Å². The van der Waals surface area contributed by atoms with Crippen LogP contribution in [0.3, 0.4) is 0 Å². The first-order chi connectivity index (χ1) is 13.4. The Balaban J connectivity index is 1.77. The van der Waals surface area contributed by atoms with E-state index in [4.69, 9.17) is 9.47 Å². The molecule has 1 unspecified atom stereocenters. The molecule has 0 spiro atoms. The smallest absolute Gasteiger partial charge is 0.322 e. The molecule has 0 saturated carbocycles. The number of nitrogens with one attached hydrogen (secondary N) is 1. The lowest BCUT2D eigenvalue weighted by atomic mass is 9.92. The Morgan fingerprint density at radius 1 is 1.07 bits per heavy atom. The van der Waals surface area contributed by atoms with E-state index >= 15 is 0 Å². The topological polar surface area (TPSA) is 102 Å². The summed E-state index contributed by atoms with van der Waals surface area (Å²) >= 11 is 0. The quantitative estimate of drug-likeness (QED) is 0.734. The molecule has 150 valence electrons. The second-order valence-electron chi connectivity index (χ2n) is 6.64. The highest BCUT2D eigenvalue weighted by molar-refractivity contribution is 7.89. The van der Waals surface area contributed by atoms with Gasteiger partial charge in [0.25, 0.3) is 0 Å². The van der Waals surface area contributed by atoms with Gasteiger partial charge in [0.2, 0.25) is 10.0 Å². The van der Waals surface area contributed by atoms with Crippen molar-refractivity contribution >= 4 is 16.0 Å². The van der Waals surface area contributed by atoms with Crippen LogP contribution >= 0.6 is 0 Å². The Kier molecular flexibility index (Phi) is 6.33. The molecule has 0 bridgehead atoms. The summed E-state index contributed by atoms with van der Waals surface area (Å²) in [6.45, 7) is 0.874. The van der Waals surface area contributed by atoms with Crippen molar-refractivity contribution in [3.05, 3.63) is 48.5 Å². The zero-order chi connectivity index (χ0) is 20.1.